The van der Waals surface area contributed by atoms with E-state index in [9.17, 15) is 14.4 Å². The average Bonchev–Trinajstić information content (AvgIpc) is 3.57. The summed E-state index contributed by atoms with van der Waals surface area (Å²) >= 11 is 0. The Morgan fingerprint density at radius 2 is 1.68 bits per heavy atom. The number of ether oxygens (including phenoxy) is 3. The van der Waals surface area contributed by atoms with Gasteiger partial charge >= 0.3 is 6.09 Å². The highest BCUT2D eigenvalue weighted by molar-refractivity contribution is 5.93. The predicted octanol–water partition coefficient (Wildman–Crippen LogP) is 6.59. The minimum Gasteiger partial charge on any atom is -0.493 e. The second-order valence-corrected chi connectivity index (χ2v) is 13.0. The molecule has 1 aromatic heterocycles. The first-order valence-corrected chi connectivity index (χ1v) is 16.1. The van der Waals surface area contributed by atoms with Crippen LogP contribution in [-0.2, 0) is 22.5 Å². The fraction of sp³-hybridized carbons (Fsp3) is 0.342. The van der Waals surface area contributed by atoms with Gasteiger partial charge in [0.25, 0.3) is 0 Å². The number of aromatic nitrogens is 2. The maximum atomic E-state index is 14.9. The molecule has 0 aliphatic heterocycles. The van der Waals surface area contributed by atoms with Gasteiger partial charge in [-0.05, 0) is 88.1 Å². The van der Waals surface area contributed by atoms with Gasteiger partial charge in [-0.3, -0.25) is 9.59 Å². The van der Waals surface area contributed by atoms with Gasteiger partial charge in [-0.1, -0.05) is 30.3 Å². The zero-order valence-corrected chi connectivity index (χ0v) is 29.7. The number of nitrogens with one attached hydrogen (secondary N) is 2. The summed E-state index contributed by atoms with van der Waals surface area (Å²) in [5.41, 5.74) is 9.87. The van der Waals surface area contributed by atoms with E-state index in [2.05, 4.69) is 20.1 Å². The molecule has 0 saturated carbocycles. The van der Waals surface area contributed by atoms with Crippen LogP contribution in [0.4, 0.5) is 10.5 Å². The van der Waals surface area contributed by atoms with Gasteiger partial charge in [-0.25, -0.2) is 14.6 Å². The average molecular weight is 681 g/mol. The number of alkyl carbamates (subject to hydrolysis) is 1. The molecule has 4 rings (SSSR count). The fourth-order valence-corrected chi connectivity index (χ4v) is 5.73. The first-order chi connectivity index (χ1) is 23.6. The summed E-state index contributed by atoms with van der Waals surface area (Å²) in [6, 6.07) is 14.2. The molecule has 50 heavy (non-hydrogen) atoms. The number of hydrogen-bond acceptors (Lipinski definition) is 7. The number of aromatic amines is 1. The highest BCUT2D eigenvalue weighted by atomic mass is 16.6. The van der Waals surface area contributed by atoms with Crippen molar-refractivity contribution in [2.45, 2.75) is 72.2 Å². The Morgan fingerprint density at radius 3 is 2.28 bits per heavy atom. The van der Waals surface area contributed by atoms with Crippen molar-refractivity contribution in [3.8, 4) is 22.8 Å². The summed E-state index contributed by atoms with van der Waals surface area (Å²) in [7, 11) is 3.08. The van der Waals surface area contributed by atoms with Crippen molar-refractivity contribution < 1.29 is 28.6 Å². The Balaban J connectivity index is 1.81. The monoisotopic (exact) mass is 680 g/mol. The molecular weight excluding hydrogens is 636 g/mol. The number of methoxy groups -OCH3 is 2. The number of rotatable bonds is 12. The Labute approximate surface area is 292 Å². The molecule has 4 N–H and O–H groups in total. The Kier molecular flexibility index (Phi) is 11.5. The number of primary amides is 1. The van der Waals surface area contributed by atoms with Crippen molar-refractivity contribution in [3.63, 3.8) is 0 Å². The van der Waals surface area contributed by atoms with E-state index in [1.807, 2.05) is 39.0 Å². The van der Waals surface area contributed by atoms with Crippen LogP contribution in [0, 0.1) is 20.4 Å². The molecule has 3 amide bonds. The van der Waals surface area contributed by atoms with Crippen molar-refractivity contribution in [2.75, 3.05) is 14.2 Å². The number of para-hydroxylation sites is 1. The number of imidazole rings is 1. The number of H-pyrrole nitrogens is 1. The number of hydrogen-bond donors (Lipinski definition) is 3. The SMILES string of the molecule is [C-]#[N+]c1ccccc1-c1cnc([C@H](C)N(Cc2ccc(OC)c(OC)c2)C(=O)[C@H](Cc2c(C)cc(C(N)=O)cc2C)NC(=O)OC(C)(C)C)[nH]1. The smallest absolute Gasteiger partial charge is 0.408 e. The van der Waals surface area contributed by atoms with Crippen LogP contribution in [0.3, 0.4) is 0 Å². The number of benzene rings is 3. The quantitative estimate of drug-likeness (QED) is 0.143. The number of aryl methyl sites for hydroxylation is 2. The van der Waals surface area contributed by atoms with Crippen molar-refractivity contribution in [3.05, 3.63) is 106 Å². The molecule has 12 heteroatoms. The van der Waals surface area contributed by atoms with Gasteiger partial charge in [0.15, 0.2) is 17.2 Å². The Morgan fingerprint density at radius 1 is 1.02 bits per heavy atom. The molecule has 0 radical (unpaired) electrons. The van der Waals surface area contributed by atoms with Crippen LogP contribution in [-0.4, -0.2) is 58.6 Å². The van der Waals surface area contributed by atoms with Crippen molar-refractivity contribution in [1.82, 2.24) is 20.2 Å². The molecular formula is C38H44N6O6. The lowest BCUT2D eigenvalue weighted by Gasteiger charge is -2.33. The van der Waals surface area contributed by atoms with E-state index in [0.717, 1.165) is 22.3 Å². The second-order valence-electron chi connectivity index (χ2n) is 13.0. The maximum Gasteiger partial charge on any atom is 0.408 e. The van der Waals surface area contributed by atoms with Gasteiger partial charge in [0.2, 0.25) is 11.8 Å². The summed E-state index contributed by atoms with van der Waals surface area (Å²) in [4.78, 5) is 53.3. The van der Waals surface area contributed by atoms with Crippen LogP contribution in [0.25, 0.3) is 16.1 Å². The molecule has 262 valence electrons. The van der Waals surface area contributed by atoms with Crippen molar-refractivity contribution in [1.29, 1.82) is 0 Å². The number of carbonyl (C=O) groups is 3. The lowest BCUT2D eigenvalue weighted by molar-refractivity contribution is -0.136. The number of nitrogens with two attached hydrogens (primary N) is 1. The van der Waals surface area contributed by atoms with Gasteiger partial charge in [-0.2, -0.15) is 0 Å². The van der Waals surface area contributed by atoms with Crippen LogP contribution in [0.5, 0.6) is 11.5 Å². The fourth-order valence-electron chi connectivity index (χ4n) is 5.73. The van der Waals surface area contributed by atoms with Crippen LogP contribution in [0.2, 0.25) is 0 Å². The summed E-state index contributed by atoms with van der Waals surface area (Å²) in [5.74, 6) is 0.531. The molecule has 0 aliphatic carbocycles. The molecule has 1 heterocycles. The Hall–Kier alpha value is -5.83. The van der Waals surface area contributed by atoms with Gasteiger partial charge in [-0.15, -0.1) is 0 Å². The standard InChI is InChI=1S/C38H44N6O6/c1-22-16-26(34(39)45)17-23(2)28(22)19-30(43-37(47)50-38(4,5)6)36(46)44(21-25-14-15-32(48-8)33(18-25)49-9)24(3)35-41-20-31(42-35)27-12-10-11-13-29(27)40-7/h10-18,20,24,30H,19,21H2,1-6,8-9H3,(H2,39,45)(H,41,42)(H,43,47)/t24-,30-/m0/s1. The minimum absolute atomic E-state index is 0.103. The molecule has 0 spiro atoms. The maximum absolute atomic E-state index is 14.9. The second kappa shape index (κ2) is 15.6. The number of carbonyl (C=O) groups excluding carboxylic acids is 3. The first kappa shape index (κ1) is 37.0. The summed E-state index contributed by atoms with van der Waals surface area (Å²) in [6.45, 7) is 18.4. The zero-order chi connectivity index (χ0) is 36.7. The van der Waals surface area contributed by atoms with Gasteiger partial charge < -0.3 is 35.1 Å². The molecule has 0 bridgehead atoms. The van der Waals surface area contributed by atoms with Crippen molar-refractivity contribution >= 4 is 23.6 Å². The lowest BCUT2D eigenvalue weighted by atomic mass is 9.93. The van der Waals surface area contributed by atoms with Crippen LogP contribution < -0.4 is 20.5 Å². The number of nitrogens with zero attached hydrogens (tertiary/aromatic N) is 3. The third-order valence-corrected chi connectivity index (χ3v) is 8.24. The molecule has 0 unspecified atom stereocenters. The van der Waals surface area contributed by atoms with E-state index in [1.165, 1.54) is 7.11 Å². The van der Waals surface area contributed by atoms with E-state index in [4.69, 9.17) is 26.5 Å². The summed E-state index contributed by atoms with van der Waals surface area (Å²) in [5, 5.41) is 2.82. The zero-order valence-electron chi connectivity index (χ0n) is 29.7. The topological polar surface area (TPSA) is 153 Å². The van der Waals surface area contributed by atoms with Gasteiger partial charge in [0.1, 0.15) is 17.5 Å². The molecule has 12 nitrogen and oxygen atoms in total. The normalized spacial score (nSPS) is 12.3. The van der Waals surface area contributed by atoms with E-state index in [0.29, 0.717) is 39.8 Å². The predicted molar refractivity (Wildman–Crippen MR) is 190 cm³/mol. The molecule has 4 aromatic rings. The van der Waals surface area contributed by atoms with Crippen LogP contribution in [0.15, 0.2) is 60.8 Å². The van der Waals surface area contributed by atoms with Gasteiger partial charge in [0, 0.05) is 24.1 Å². The highest BCUT2D eigenvalue weighted by Gasteiger charge is 2.33. The van der Waals surface area contributed by atoms with E-state index in [1.54, 1.807) is 75.4 Å². The van der Waals surface area contributed by atoms with Crippen molar-refractivity contribution in [2.24, 2.45) is 5.73 Å². The molecule has 3 aromatic carbocycles. The Bertz CT molecular complexity index is 1900. The third kappa shape index (κ3) is 8.79. The first-order valence-electron chi connectivity index (χ1n) is 16.1. The molecule has 2 atom stereocenters. The van der Waals surface area contributed by atoms with Crippen LogP contribution in [0.1, 0.15) is 72.2 Å². The summed E-state index contributed by atoms with van der Waals surface area (Å²) in [6.07, 6.45) is 0.985. The van der Waals surface area contributed by atoms with E-state index in [-0.39, 0.29) is 13.0 Å². The molecule has 0 saturated heterocycles. The molecule has 0 fully saturated rings. The molecule has 0 aliphatic rings. The largest absolute Gasteiger partial charge is 0.493 e. The lowest BCUT2D eigenvalue weighted by Crippen LogP contribution is -2.51. The third-order valence-electron chi connectivity index (χ3n) is 8.24. The van der Waals surface area contributed by atoms with E-state index < -0.39 is 35.6 Å². The minimum atomic E-state index is -1.08. The highest BCUT2D eigenvalue weighted by Crippen LogP contribution is 2.33. The summed E-state index contributed by atoms with van der Waals surface area (Å²) < 4.78 is 16.5. The van der Waals surface area contributed by atoms with Crippen LogP contribution >= 0.6 is 0 Å². The van der Waals surface area contributed by atoms with Gasteiger partial charge in [0.05, 0.1) is 38.7 Å². The number of amides is 3. The van der Waals surface area contributed by atoms with E-state index >= 15 is 0 Å².